The van der Waals surface area contributed by atoms with Gasteiger partial charge in [-0.2, -0.15) is 18.3 Å². The van der Waals surface area contributed by atoms with E-state index in [1.54, 1.807) is 6.92 Å². The Kier molecular flexibility index (Phi) is 4.45. The van der Waals surface area contributed by atoms with E-state index < -0.39 is 17.7 Å². The predicted molar refractivity (Wildman–Crippen MR) is 76.6 cm³/mol. The van der Waals surface area contributed by atoms with Gasteiger partial charge in [0.25, 0.3) is 0 Å². The zero-order chi connectivity index (χ0) is 16.5. The molecule has 22 heavy (non-hydrogen) atoms. The number of nitrogen functional groups attached to an aromatic ring is 1. The summed E-state index contributed by atoms with van der Waals surface area (Å²) in [6.07, 6.45) is -4.43. The van der Waals surface area contributed by atoms with E-state index in [4.69, 9.17) is 10.5 Å². The molecule has 2 aromatic rings. The maximum absolute atomic E-state index is 12.5. The first kappa shape index (κ1) is 16.3. The number of nitrogens with two attached hydrogens (primary N) is 1. The molecule has 0 bridgehead atoms. The van der Waals surface area contributed by atoms with E-state index >= 15 is 0 Å². The number of nitrogens with zero attached hydrogens (tertiary/aromatic N) is 2. The van der Waals surface area contributed by atoms with Crippen LogP contribution in [0.15, 0.2) is 28.7 Å². The Morgan fingerprint density at radius 1 is 1.36 bits per heavy atom. The van der Waals surface area contributed by atoms with Gasteiger partial charge in [-0.05, 0) is 47.1 Å². The van der Waals surface area contributed by atoms with Crippen molar-refractivity contribution in [1.29, 1.82) is 0 Å². The first-order chi connectivity index (χ1) is 10.3. The van der Waals surface area contributed by atoms with Crippen molar-refractivity contribution in [2.45, 2.75) is 13.1 Å². The number of rotatable bonds is 3. The molecule has 0 aliphatic rings. The molecule has 2 rings (SSSR count). The molecule has 1 aromatic heterocycles. The highest BCUT2D eigenvalue weighted by molar-refractivity contribution is 9.10. The molecule has 5 nitrogen and oxygen atoms in total. The van der Waals surface area contributed by atoms with Crippen LogP contribution in [0.1, 0.15) is 23.0 Å². The fourth-order valence-corrected chi connectivity index (χ4v) is 2.14. The summed E-state index contributed by atoms with van der Waals surface area (Å²) in [6, 6.07) is 4.25. The lowest BCUT2D eigenvalue weighted by Gasteiger charge is -2.08. The van der Waals surface area contributed by atoms with Crippen LogP contribution in [0.3, 0.4) is 0 Å². The second-order valence-electron chi connectivity index (χ2n) is 4.22. The van der Waals surface area contributed by atoms with Crippen molar-refractivity contribution in [1.82, 2.24) is 9.78 Å². The Morgan fingerprint density at radius 3 is 2.45 bits per heavy atom. The fraction of sp³-hybridized carbons (Fsp3) is 0.231. The zero-order valence-electron chi connectivity index (χ0n) is 11.3. The second-order valence-corrected chi connectivity index (χ2v) is 5.02. The van der Waals surface area contributed by atoms with Gasteiger partial charge in [0.2, 0.25) is 0 Å². The summed E-state index contributed by atoms with van der Waals surface area (Å²) in [5.41, 5.74) is 5.28. The van der Waals surface area contributed by atoms with Crippen LogP contribution in [0, 0.1) is 0 Å². The van der Waals surface area contributed by atoms with Gasteiger partial charge in [0.05, 0.1) is 22.3 Å². The number of halogens is 4. The number of carbonyl (C=O) groups is 1. The van der Waals surface area contributed by atoms with Gasteiger partial charge in [-0.25, -0.2) is 9.48 Å². The highest BCUT2D eigenvalue weighted by Crippen LogP contribution is 2.31. The Morgan fingerprint density at radius 2 is 1.95 bits per heavy atom. The number of hydrogen-bond acceptors (Lipinski definition) is 4. The lowest BCUT2D eigenvalue weighted by molar-refractivity contribution is -0.137. The molecule has 0 fully saturated rings. The van der Waals surface area contributed by atoms with Gasteiger partial charge in [0, 0.05) is 0 Å². The lowest BCUT2D eigenvalue weighted by Crippen LogP contribution is -2.08. The number of benzene rings is 1. The molecule has 9 heteroatoms. The monoisotopic (exact) mass is 377 g/mol. The van der Waals surface area contributed by atoms with E-state index in [0.29, 0.717) is 5.69 Å². The van der Waals surface area contributed by atoms with Gasteiger partial charge >= 0.3 is 12.1 Å². The maximum atomic E-state index is 12.5. The van der Waals surface area contributed by atoms with Crippen LogP contribution in [-0.2, 0) is 10.9 Å². The largest absolute Gasteiger partial charge is 0.461 e. The first-order valence-corrected chi connectivity index (χ1v) is 6.93. The molecule has 0 aliphatic carbocycles. The predicted octanol–water partition coefficient (Wildman–Crippen LogP) is 3.41. The van der Waals surface area contributed by atoms with Gasteiger partial charge in [-0.15, -0.1) is 0 Å². The van der Waals surface area contributed by atoms with Crippen molar-refractivity contribution in [3.63, 3.8) is 0 Å². The van der Waals surface area contributed by atoms with Crippen molar-refractivity contribution in [3.8, 4) is 5.69 Å². The Balaban J connectivity index is 2.41. The molecule has 1 heterocycles. The van der Waals surface area contributed by atoms with Crippen LogP contribution in [0.4, 0.5) is 19.0 Å². The molecule has 0 atom stereocenters. The lowest BCUT2D eigenvalue weighted by atomic mass is 10.2. The third kappa shape index (κ3) is 3.08. The molecular formula is C13H11BrF3N3O2. The van der Waals surface area contributed by atoms with E-state index in [1.165, 1.54) is 12.1 Å². The minimum absolute atomic E-state index is 0.0424. The average Bonchev–Trinajstić information content (AvgIpc) is 2.75. The first-order valence-electron chi connectivity index (χ1n) is 6.14. The highest BCUT2D eigenvalue weighted by atomic mass is 79.9. The van der Waals surface area contributed by atoms with Crippen LogP contribution in [0.5, 0.6) is 0 Å². The SMILES string of the molecule is CCOC(=O)c1nn(-c2ccc(C(F)(F)F)cc2)c(N)c1Br. The van der Waals surface area contributed by atoms with E-state index in [2.05, 4.69) is 21.0 Å². The Labute approximate surface area is 132 Å². The number of alkyl halides is 3. The van der Waals surface area contributed by atoms with Crippen LogP contribution in [0.25, 0.3) is 5.69 Å². The molecule has 1 aromatic carbocycles. The average molecular weight is 378 g/mol. The minimum atomic E-state index is -4.43. The van der Waals surface area contributed by atoms with E-state index in [-0.39, 0.29) is 22.6 Å². The van der Waals surface area contributed by atoms with Crippen LogP contribution in [0.2, 0.25) is 0 Å². The van der Waals surface area contributed by atoms with Crippen molar-refractivity contribution in [2.75, 3.05) is 12.3 Å². The van der Waals surface area contributed by atoms with Crippen LogP contribution < -0.4 is 5.73 Å². The third-order valence-corrected chi connectivity index (χ3v) is 3.55. The van der Waals surface area contributed by atoms with Gasteiger partial charge < -0.3 is 10.5 Å². The normalized spacial score (nSPS) is 11.5. The topological polar surface area (TPSA) is 70.1 Å². The van der Waals surface area contributed by atoms with Gasteiger partial charge in [-0.1, -0.05) is 0 Å². The quantitative estimate of drug-likeness (QED) is 0.832. The second kappa shape index (κ2) is 5.99. The van der Waals surface area contributed by atoms with E-state index in [1.807, 2.05) is 0 Å². The summed E-state index contributed by atoms with van der Waals surface area (Å²) in [6.45, 7) is 1.81. The maximum Gasteiger partial charge on any atom is 0.416 e. The van der Waals surface area contributed by atoms with Crippen LogP contribution >= 0.6 is 15.9 Å². The van der Waals surface area contributed by atoms with Gasteiger partial charge in [-0.3, -0.25) is 0 Å². The summed E-state index contributed by atoms with van der Waals surface area (Å²) >= 11 is 3.13. The molecule has 0 saturated carbocycles. The summed E-state index contributed by atoms with van der Waals surface area (Å²) in [7, 11) is 0. The summed E-state index contributed by atoms with van der Waals surface area (Å²) < 4.78 is 43.9. The molecule has 0 saturated heterocycles. The standard InChI is InChI=1S/C13H11BrF3N3O2/c1-2-22-12(21)10-9(14)11(18)20(19-10)8-5-3-7(4-6-8)13(15,16)17/h3-6H,2,18H2,1H3. The Hall–Kier alpha value is -2.03. The van der Waals surface area contributed by atoms with Crippen molar-refractivity contribution in [3.05, 3.63) is 40.0 Å². The number of carbonyl (C=O) groups excluding carboxylic acids is 1. The number of aromatic nitrogens is 2. The third-order valence-electron chi connectivity index (χ3n) is 2.77. The van der Waals surface area contributed by atoms with Gasteiger partial charge in [0.15, 0.2) is 5.69 Å². The molecule has 0 aliphatic heterocycles. The zero-order valence-corrected chi connectivity index (χ0v) is 12.9. The smallest absolute Gasteiger partial charge is 0.416 e. The van der Waals surface area contributed by atoms with Crippen molar-refractivity contribution in [2.24, 2.45) is 0 Å². The minimum Gasteiger partial charge on any atom is -0.461 e. The summed E-state index contributed by atoms with van der Waals surface area (Å²) in [4.78, 5) is 11.7. The molecular weight excluding hydrogens is 367 g/mol. The van der Waals surface area contributed by atoms with Crippen molar-refractivity contribution < 1.29 is 22.7 Å². The van der Waals surface area contributed by atoms with E-state index in [0.717, 1.165) is 16.8 Å². The number of anilines is 1. The number of ether oxygens (including phenoxy) is 1. The highest BCUT2D eigenvalue weighted by Gasteiger charge is 2.30. The van der Waals surface area contributed by atoms with Crippen molar-refractivity contribution >= 4 is 27.7 Å². The molecule has 0 radical (unpaired) electrons. The fourth-order valence-electron chi connectivity index (χ4n) is 1.73. The van der Waals surface area contributed by atoms with Crippen LogP contribution in [-0.4, -0.2) is 22.4 Å². The number of hydrogen-bond donors (Lipinski definition) is 1. The molecule has 0 spiro atoms. The van der Waals surface area contributed by atoms with Gasteiger partial charge in [0.1, 0.15) is 5.82 Å². The number of esters is 1. The molecule has 2 N–H and O–H groups in total. The molecule has 118 valence electrons. The molecule has 0 amide bonds. The molecule has 0 unspecified atom stereocenters. The summed E-state index contributed by atoms with van der Waals surface area (Å²) in [5.74, 6) is -0.588. The Bertz CT molecular complexity index is 696. The van der Waals surface area contributed by atoms with E-state index in [9.17, 15) is 18.0 Å². The summed E-state index contributed by atoms with van der Waals surface area (Å²) in [5, 5.41) is 3.98.